The Labute approximate surface area is 250 Å². The van der Waals surface area contributed by atoms with Crippen molar-refractivity contribution in [3.8, 4) is 11.7 Å². The monoisotopic (exact) mass is 577 g/mol. The van der Waals surface area contributed by atoms with Gasteiger partial charge in [0.1, 0.15) is 5.69 Å². The number of nitrogens with zero attached hydrogens (tertiary/aromatic N) is 8. The van der Waals surface area contributed by atoms with E-state index in [1.54, 1.807) is 36.7 Å². The Morgan fingerprint density at radius 2 is 1.68 bits per heavy atom. The number of fused-ring (bicyclic) bond motifs is 4. The highest BCUT2D eigenvalue weighted by Gasteiger charge is 2.20. The second-order valence-electron chi connectivity index (χ2n) is 9.92. The Bertz CT molecular complexity index is 2300. The summed E-state index contributed by atoms with van der Waals surface area (Å²) in [5, 5.41) is 30.5. The summed E-state index contributed by atoms with van der Waals surface area (Å²) in [5.41, 5.74) is 3.01. The van der Waals surface area contributed by atoms with Crippen LogP contribution in [-0.2, 0) is 6.54 Å². The van der Waals surface area contributed by atoms with Crippen molar-refractivity contribution in [2.45, 2.75) is 13.5 Å². The molecule has 1 amide bonds. The lowest BCUT2D eigenvalue weighted by Gasteiger charge is -2.12. The number of para-hydroxylation sites is 1. The van der Waals surface area contributed by atoms with Gasteiger partial charge in [-0.2, -0.15) is 9.78 Å². The van der Waals surface area contributed by atoms with Crippen LogP contribution >= 0.6 is 0 Å². The number of anilines is 1. The molecule has 4 aromatic carbocycles. The molecule has 0 aliphatic carbocycles. The third-order valence-electron chi connectivity index (χ3n) is 7.42. The number of phenolic OH excluding ortho intramolecular Hbond substituents is 1. The molecule has 0 radical (unpaired) electrons. The van der Waals surface area contributed by atoms with E-state index in [2.05, 4.69) is 59.1 Å². The first-order valence-electron chi connectivity index (χ1n) is 13.8. The zero-order valence-corrected chi connectivity index (χ0v) is 23.4. The number of carbonyl (C=O) groups is 1. The molecule has 3 heterocycles. The van der Waals surface area contributed by atoms with Gasteiger partial charge in [0.15, 0.2) is 11.6 Å². The summed E-state index contributed by atoms with van der Waals surface area (Å²) in [5.74, 6) is -0.561. The molecule has 0 fully saturated rings. The first-order valence-corrected chi connectivity index (χ1v) is 13.8. The van der Waals surface area contributed by atoms with Crippen LogP contribution in [0, 0.1) is 6.57 Å². The molecule has 212 valence electrons. The van der Waals surface area contributed by atoms with Crippen molar-refractivity contribution >= 4 is 61.4 Å². The predicted octanol–water partition coefficient (Wildman–Crippen LogP) is 7.87. The average molecular weight is 578 g/mol. The van der Waals surface area contributed by atoms with Gasteiger partial charge in [0.25, 0.3) is 17.5 Å². The number of amides is 1. The Morgan fingerprint density at radius 3 is 2.48 bits per heavy atom. The van der Waals surface area contributed by atoms with Gasteiger partial charge in [-0.1, -0.05) is 42.5 Å². The summed E-state index contributed by atoms with van der Waals surface area (Å²) in [4.78, 5) is 25.5. The predicted molar refractivity (Wildman–Crippen MR) is 168 cm³/mol. The van der Waals surface area contributed by atoms with Crippen molar-refractivity contribution in [3.05, 3.63) is 114 Å². The van der Waals surface area contributed by atoms with E-state index in [1.807, 2.05) is 42.5 Å². The van der Waals surface area contributed by atoms with Crippen LogP contribution < -0.4 is 5.32 Å². The average Bonchev–Trinajstić information content (AvgIpc) is 3.62. The zero-order chi connectivity index (χ0) is 30.2. The van der Waals surface area contributed by atoms with Crippen LogP contribution in [0.4, 0.5) is 22.9 Å². The number of carbonyl (C=O) groups excluding carboxylic acids is 1. The lowest BCUT2D eigenvalue weighted by atomic mass is 10.0. The number of aromatic nitrogens is 5. The van der Waals surface area contributed by atoms with Crippen LogP contribution in [-0.4, -0.2) is 35.3 Å². The Kier molecular flexibility index (Phi) is 6.49. The van der Waals surface area contributed by atoms with Crippen LogP contribution in [0.25, 0.3) is 43.4 Å². The van der Waals surface area contributed by atoms with E-state index >= 15 is 0 Å². The number of aryl methyl sites for hydroxylation is 1. The molecule has 0 aliphatic heterocycles. The standard InChI is InChI=1S/C33H23N9O2/c1-3-41-27-12-7-6-11-23(27)24-18-21(13-14-28(24)41)38-32(44)25-17-20-9-4-5-10-22(20)29(30(25)43)39-40-31-26(34-2)19-37-42(31)33-35-15-8-16-36-33/h4-19,43H,3H2,1H3,(H,38,44). The second kappa shape index (κ2) is 10.8. The summed E-state index contributed by atoms with van der Waals surface area (Å²) < 4.78 is 3.52. The number of rotatable bonds is 6. The molecule has 0 bridgehead atoms. The number of aromatic hydroxyl groups is 1. The fraction of sp³-hybridized carbons (Fsp3) is 0.0606. The topological polar surface area (TPSA) is 127 Å². The second-order valence-corrected chi connectivity index (χ2v) is 9.92. The van der Waals surface area contributed by atoms with Crippen LogP contribution in [0.15, 0.2) is 108 Å². The molecular weight excluding hydrogens is 554 g/mol. The maximum Gasteiger partial charge on any atom is 0.259 e. The highest BCUT2D eigenvalue weighted by Crippen LogP contribution is 2.41. The molecule has 0 aliphatic rings. The third kappa shape index (κ3) is 4.38. The summed E-state index contributed by atoms with van der Waals surface area (Å²) in [6.45, 7) is 10.5. The molecule has 0 saturated carbocycles. The van der Waals surface area contributed by atoms with Crippen molar-refractivity contribution in [1.29, 1.82) is 0 Å². The van der Waals surface area contributed by atoms with E-state index < -0.39 is 5.91 Å². The molecule has 44 heavy (non-hydrogen) atoms. The van der Waals surface area contributed by atoms with E-state index in [4.69, 9.17) is 6.57 Å². The van der Waals surface area contributed by atoms with Gasteiger partial charge in [0.05, 0.1) is 18.3 Å². The number of hydrogen-bond donors (Lipinski definition) is 2. The first-order chi connectivity index (χ1) is 21.6. The van der Waals surface area contributed by atoms with E-state index in [-0.39, 0.29) is 34.5 Å². The minimum Gasteiger partial charge on any atom is -0.505 e. The Morgan fingerprint density at radius 1 is 0.932 bits per heavy atom. The fourth-order valence-corrected chi connectivity index (χ4v) is 5.41. The highest BCUT2D eigenvalue weighted by atomic mass is 16.3. The molecule has 0 saturated heterocycles. The Balaban J connectivity index is 1.29. The van der Waals surface area contributed by atoms with Gasteiger partial charge in [0.2, 0.25) is 0 Å². The quantitative estimate of drug-likeness (QED) is 0.154. The highest BCUT2D eigenvalue weighted by molar-refractivity contribution is 6.14. The van der Waals surface area contributed by atoms with E-state index in [0.717, 1.165) is 28.4 Å². The molecular formula is C33H23N9O2. The molecule has 11 nitrogen and oxygen atoms in total. The summed E-state index contributed by atoms with van der Waals surface area (Å²) >= 11 is 0. The molecule has 11 heteroatoms. The number of benzene rings is 4. The number of azo groups is 1. The first kappa shape index (κ1) is 26.5. The molecule has 0 unspecified atom stereocenters. The van der Waals surface area contributed by atoms with Gasteiger partial charge >= 0.3 is 0 Å². The molecule has 0 spiro atoms. The zero-order valence-electron chi connectivity index (χ0n) is 23.4. The van der Waals surface area contributed by atoms with Gasteiger partial charge in [-0.3, -0.25) is 4.79 Å². The van der Waals surface area contributed by atoms with E-state index in [0.29, 0.717) is 16.5 Å². The minimum absolute atomic E-state index is 0.0269. The van der Waals surface area contributed by atoms with Gasteiger partial charge in [-0.15, -0.1) is 10.2 Å². The lowest BCUT2D eigenvalue weighted by Crippen LogP contribution is -2.12. The maximum absolute atomic E-state index is 13.6. The SMILES string of the molecule is [C-]#[N+]c1cnn(-c2ncccn2)c1N=Nc1c(O)c(C(=O)Nc2ccc3c(c2)c2ccccc2n3CC)cc2ccccc12. The van der Waals surface area contributed by atoms with Gasteiger partial charge in [-0.25, -0.2) is 14.8 Å². The summed E-state index contributed by atoms with van der Waals surface area (Å²) in [7, 11) is 0. The van der Waals surface area contributed by atoms with E-state index in [9.17, 15) is 9.90 Å². The fourth-order valence-electron chi connectivity index (χ4n) is 5.41. The maximum atomic E-state index is 13.6. The summed E-state index contributed by atoms with van der Waals surface area (Å²) in [6.07, 6.45) is 4.43. The summed E-state index contributed by atoms with van der Waals surface area (Å²) in [6, 6.07) is 24.4. The molecule has 7 rings (SSSR count). The number of hydrogen-bond acceptors (Lipinski definition) is 7. The van der Waals surface area contributed by atoms with Crippen molar-refractivity contribution in [2.75, 3.05) is 5.32 Å². The largest absolute Gasteiger partial charge is 0.505 e. The van der Waals surface area contributed by atoms with Crippen molar-refractivity contribution < 1.29 is 9.90 Å². The third-order valence-corrected chi connectivity index (χ3v) is 7.42. The molecule has 3 aromatic heterocycles. The Hall–Kier alpha value is -6.41. The van der Waals surface area contributed by atoms with Crippen LogP contribution in [0.1, 0.15) is 17.3 Å². The molecule has 7 aromatic rings. The van der Waals surface area contributed by atoms with Crippen LogP contribution in [0.2, 0.25) is 0 Å². The van der Waals surface area contributed by atoms with Crippen molar-refractivity contribution in [1.82, 2.24) is 24.3 Å². The van der Waals surface area contributed by atoms with Crippen molar-refractivity contribution in [3.63, 3.8) is 0 Å². The van der Waals surface area contributed by atoms with E-state index in [1.165, 1.54) is 10.9 Å². The number of phenols is 1. The van der Waals surface area contributed by atoms with Gasteiger partial charge in [0, 0.05) is 51.8 Å². The normalized spacial score (nSPS) is 11.5. The van der Waals surface area contributed by atoms with Crippen molar-refractivity contribution in [2.24, 2.45) is 10.2 Å². The minimum atomic E-state index is -0.507. The number of nitrogens with one attached hydrogen (secondary N) is 1. The van der Waals surface area contributed by atoms with Crippen LogP contribution in [0.5, 0.6) is 5.75 Å². The molecule has 2 N–H and O–H groups in total. The smallest absolute Gasteiger partial charge is 0.259 e. The van der Waals surface area contributed by atoms with Gasteiger partial charge in [-0.05, 0) is 48.7 Å². The molecule has 0 atom stereocenters. The van der Waals surface area contributed by atoms with Gasteiger partial charge < -0.3 is 15.0 Å². The lowest BCUT2D eigenvalue weighted by molar-refractivity contribution is 0.102. The van der Waals surface area contributed by atoms with Crippen LogP contribution in [0.3, 0.4) is 0 Å².